The molecule has 90 valence electrons. The van der Waals surface area contributed by atoms with E-state index in [1.54, 1.807) is 18.2 Å². The lowest BCUT2D eigenvalue weighted by molar-refractivity contribution is -0.151. The van der Waals surface area contributed by atoms with Crippen molar-refractivity contribution in [3.8, 4) is 5.75 Å². The number of benzene rings is 1. The molecule has 1 aromatic rings. The van der Waals surface area contributed by atoms with Crippen molar-refractivity contribution in [2.24, 2.45) is 5.92 Å². The summed E-state index contributed by atoms with van der Waals surface area (Å²) in [4.78, 5) is 11.7. The van der Waals surface area contributed by atoms with Crippen LogP contribution in [0, 0.1) is 5.92 Å². The Morgan fingerprint density at radius 3 is 3.00 bits per heavy atom. The highest BCUT2D eigenvalue weighted by atomic mass is 16.5. The van der Waals surface area contributed by atoms with Crippen LogP contribution in [-0.4, -0.2) is 11.1 Å². The molecular weight excluding hydrogens is 216 g/mol. The molecule has 3 heteroatoms. The van der Waals surface area contributed by atoms with Crippen LogP contribution in [0.2, 0.25) is 0 Å². The monoisotopic (exact) mass is 232 g/mol. The summed E-state index contributed by atoms with van der Waals surface area (Å²) in [6, 6.07) is 5.07. The van der Waals surface area contributed by atoms with Crippen LogP contribution in [-0.2, 0) is 9.53 Å². The van der Waals surface area contributed by atoms with Gasteiger partial charge >= 0.3 is 5.97 Å². The van der Waals surface area contributed by atoms with Crippen LogP contribution in [0.25, 0.3) is 6.08 Å². The van der Waals surface area contributed by atoms with E-state index < -0.39 is 0 Å². The number of fused-ring (bicyclic) bond motifs is 1. The molecule has 3 nitrogen and oxygen atoms in total. The lowest BCUT2D eigenvalue weighted by Gasteiger charge is -2.15. The zero-order valence-corrected chi connectivity index (χ0v) is 10.0. The van der Waals surface area contributed by atoms with E-state index in [1.165, 1.54) is 0 Å². The molecule has 0 spiro atoms. The van der Waals surface area contributed by atoms with Crippen LogP contribution in [0.4, 0.5) is 0 Å². The Hall–Kier alpha value is -1.77. The number of rotatable bonds is 3. The minimum atomic E-state index is -0.313. The minimum Gasteiger partial charge on any atom is -0.508 e. The van der Waals surface area contributed by atoms with Crippen molar-refractivity contribution in [3.05, 3.63) is 35.4 Å². The number of hydrogen-bond acceptors (Lipinski definition) is 3. The summed E-state index contributed by atoms with van der Waals surface area (Å²) in [5.41, 5.74) is 1.84. The number of ether oxygens (including phenoxy) is 1. The first kappa shape index (κ1) is 11.7. The standard InChI is InChI=1S/C14H16O3/c1-3-9(2)14(16)17-13-7-4-10-8-11(15)5-6-12(10)13/h4-9,13,15H,3H2,1-2H3. The third kappa shape index (κ3) is 2.33. The third-order valence-electron chi connectivity index (χ3n) is 3.09. The van der Waals surface area contributed by atoms with E-state index in [4.69, 9.17) is 4.74 Å². The van der Waals surface area contributed by atoms with Gasteiger partial charge in [-0.3, -0.25) is 4.79 Å². The molecule has 2 rings (SSSR count). The lowest BCUT2D eigenvalue weighted by Crippen LogP contribution is -2.16. The summed E-state index contributed by atoms with van der Waals surface area (Å²) in [5, 5.41) is 9.35. The van der Waals surface area contributed by atoms with Gasteiger partial charge < -0.3 is 9.84 Å². The second-order valence-corrected chi connectivity index (χ2v) is 4.34. The van der Waals surface area contributed by atoms with Crippen molar-refractivity contribution >= 4 is 12.0 Å². The molecule has 0 fully saturated rings. The molecule has 0 radical (unpaired) electrons. The molecule has 1 aliphatic rings. The molecule has 0 amide bonds. The van der Waals surface area contributed by atoms with Gasteiger partial charge in [0, 0.05) is 5.56 Å². The maximum Gasteiger partial charge on any atom is 0.309 e. The van der Waals surface area contributed by atoms with Crippen LogP contribution < -0.4 is 0 Å². The Morgan fingerprint density at radius 1 is 1.53 bits per heavy atom. The number of hydrogen-bond donors (Lipinski definition) is 1. The third-order valence-corrected chi connectivity index (χ3v) is 3.09. The van der Waals surface area contributed by atoms with Gasteiger partial charge in [-0.25, -0.2) is 0 Å². The summed E-state index contributed by atoms with van der Waals surface area (Å²) in [6.45, 7) is 3.82. The van der Waals surface area contributed by atoms with Crippen molar-refractivity contribution in [3.63, 3.8) is 0 Å². The molecule has 0 saturated carbocycles. The van der Waals surface area contributed by atoms with E-state index in [1.807, 2.05) is 26.0 Å². The molecule has 1 aliphatic carbocycles. The Balaban J connectivity index is 2.13. The molecule has 1 N–H and O–H groups in total. The average molecular weight is 232 g/mol. The molecule has 2 unspecified atom stereocenters. The van der Waals surface area contributed by atoms with E-state index in [0.29, 0.717) is 0 Å². The van der Waals surface area contributed by atoms with Gasteiger partial charge in [-0.05, 0) is 30.2 Å². The van der Waals surface area contributed by atoms with Gasteiger partial charge in [0.1, 0.15) is 11.9 Å². The highest BCUT2D eigenvalue weighted by molar-refractivity contribution is 5.74. The van der Waals surface area contributed by atoms with Crippen molar-refractivity contribution in [2.45, 2.75) is 26.4 Å². The van der Waals surface area contributed by atoms with Crippen LogP contribution in [0.15, 0.2) is 24.3 Å². The molecular formula is C14H16O3. The summed E-state index contributed by atoms with van der Waals surface area (Å²) in [5.74, 6) is -0.0325. The number of phenolic OH excluding ortho intramolecular Hbond substituents is 1. The number of aromatic hydroxyl groups is 1. The fourth-order valence-electron chi connectivity index (χ4n) is 1.77. The summed E-state index contributed by atoms with van der Waals surface area (Å²) >= 11 is 0. The molecule has 0 bridgehead atoms. The molecule has 0 saturated heterocycles. The number of esters is 1. The van der Waals surface area contributed by atoms with Gasteiger partial charge in [-0.1, -0.05) is 26.0 Å². The predicted octanol–water partition coefficient (Wildman–Crippen LogP) is 3.05. The van der Waals surface area contributed by atoms with Gasteiger partial charge in [0.15, 0.2) is 0 Å². The maximum absolute atomic E-state index is 11.7. The normalized spacial score (nSPS) is 18.8. The van der Waals surface area contributed by atoms with Gasteiger partial charge in [0.05, 0.1) is 5.92 Å². The molecule has 17 heavy (non-hydrogen) atoms. The van der Waals surface area contributed by atoms with Crippen molar-refractivity contribution in [1.82, 2.24) is 0 Å². The van der Waals surface area contributed by atoms with Crippen molar-refractivity contribution in [1.29, 1.82) is 0 Å². The molecule has 0 aromatic heterocycles. The Bertz CT molecular complexity index is 463. The predicted molar refractivity (Wildman–Crippen MR) is 65.4 cm³/mol. The summed E-state index contributed by atoms with van der Waals surface area (Å²) in [7, 11) is 0. The Morgan fingerprint density at radius 2 is 2.29 bits per heavy atom. The van der Waals surface area contributed by atoms with Gasteiger partial charge in [-0.2, -0.15) is 0 Å². The minimum absolute atomic E-state index is 0.0791. The van der Waals surface area contributed by atoms with Crippen LogP contribution in [0.1, 0.15) is 37.5 Å². The summed E-state index contributed by atoms with van der Waals surface area (Å²) < 4.78 is 5.42. The topological polar surface area (TPSA) is 46.5 Å². The maximum atomic E-state index is 11.7. The first-order valence-electron chi connectivity index (χ1n) is 5.83. The molecule has 0 heterocycles. The molecule has 1 aromatic carbocycles. The summed E-state index contributed by atoms with van der Waals surface area (Å²) in [6.07, 6.45) is 4.17. The van der Waals surface area contributed by atoms with Crippen LogP contribution in [0.3, 0.4) is 0 Å². The van der Waals surface area contributed by atoms with Crippen molar-refractivity contribution in [2.75, 3.05) is 0 Å². The first-order chi connectivity index (χ1) is 8.11. The lowest BCUT2D eigenvalue weighted by atomic mass is 10.1. The number of phenols is 1. The van der Waals surface area contributed by atoms with E-state index in [-0.39, 0.29) is 23.7 Å². The van der Waals surface area contributed by atoms with Gasteiger partial charge in [-0.15, -0.1) is 0 Å². The van der Waals surface area contributed by atoms with Crippen molar-refractivity contribution < 1.29 is 14.6 Å². The van der Waals surface area contributed by atoms with E-state index in [0.717, 1.165) is 17.5 Å². The fourth-order valence-corrected chi connectivity index (χ4v) is 1.77. The highest BCUT2D eigenvalue weighted by Crippen LogP contribution is 2.33. The fraction of sp³-hybridized carbons (Fsp3) is 0.357. The van der Waals surface area contributed by atoms with Gasteiger partial charge in [0.2, 0.25) is 0 Å². The van der Waals surface area contributed by atoms with Crippen LogP contribution in [0.5, 0.6) is 5.75 Å². The zero-order valence-electron chi connectivity index (χ0n) is 10.0. The zero-order chi connectivity index (χ0) is 12.4. The second-order valence-electron chi connectivity index (χ2n) is 4.34. The van der Waals surface area contributed by atoms with E-state index in [9.17, 15) is 9.90 Å². The SMILES string of the molecule is CCC(C)C(=O)OC1C=Cc2cc(O)ccc21. The first-order valence-corrected chi connectivity index (χ1v) is 5.83. The largest absolute Gasteiger partial charge is 0.508 e. The second kappa shape index (κ2) is 4.62. The number of carbonyl (C=O) groups is 1. The van der Waals surface area contributed by atoms with Gasteiger partial charge in [0.25, 0.3) is 0 Å². The average Bonchev–Trinajstić information content (AvgIpc) is 2.70. The molecule has 0 aliphatic heterocycles. The van der Waals surface area contributed by atoms with E-state index >= 15 is 0 Å². The Kier molecular flexibility index (Phi) is 3.18. The highest BCUT2D eigenvalue weighted by Gasteiger charge is 2.23. The Labute approximate surface area is 101 Å². The molecule has 2 atom stereocenters. The smallest absolute Gasteiger partial charge is 0.309 e. The van der Waals surface area contributed by atoms with Crippen LogP contribution >= 0.6 is 0 Å². The number of carbonyl (C=O) groups excluding carboxylic acids is 1. The van der Waals surface area contributed by atoms with E-state index in [2.05, 4.69) is 0 Å². The quantitative estimate of drug-likeness (QED) is 0.815.